The van der Waals surface area contributed by atoms with Gasteiger partial charge in [-0.1, -0.05) is 23.8 Å². The normalized spacial score (nSPS) is 20.7. The molecule has 0 amide bonds. The van der Waals surface area contributed by atoms with Crippen LogP contribution in [-0.4, -0.2) is 25.2 Å². The summed E-state index contributed by atoms with van der Waals surface area (Å²) in [5, 5.41) is 7.05. The maximum Gasteiger partial charge on any atom is 0.118 e. The van der Waals surface area contributed by atoms with Crippen LogP contribution in [0.4, 0.5) is 0 Å². The molecule has 0 bridgehead atoms. The highest BCUT2D eigenvalue weighted by molar-refractivity contribution is 7.09. The number of aryl methyl sites for hydroxylation is 3. The molecule has 0 saturated heterocycles. The second kappa shape index (κ2) is 5.87. The fourth-order valence-corrected chi connectivity index (χ4v) is 4.18. The second-order valence-corrected chi connectivity index (χ2v) is 6.64. The lowest BCUT2D eigenvalue weighted by Crippen LogP contribution is -2.43. The molecule has 2 aromatic rings. The van der Waals surface area contributed by atoms with Crippen LogP contribution in [0.5, 0.6) is 0 Å². The maximum absolute atomic E-state index is 5.22. The van der Waals surface area contributed by atoms with Gasteiger partial charge in [-0.2, -0.15) is 0 Å². The van der Waals surface area contributed by atoms with Gasteiger partial charge in [0.1, 0.15) is 5.01 Å². The van der Waals surface area contributed by atoms with Gasteiger partial charge in [0, 0.05) is 24.7 Å². The molecule has 0 fully saturated rings. The zero-order valence-corrected chi connectivity index (χ0v) is 13.7. The standard InChI is InChI=1S/C17H22N2OS/c1-12-4-5-14-6-7-17(15(14)10-12,18-8-9-20-3)16-19-13(2)11-21-16/h4-5,10-11,18H,6-9H2,1-3H3. The third-order valence-corrected chi connectivity index (χ3v) is 5.33. The summed E-state index contributed by atoms with van der Waals surface area (Å²) in [4.78, 5) is 4.79. The van der Waals surface area contributed by atoms with E-state index in [9.17, 15) is 0 Å². The van der Waals surface area contributed by atoms with E-state index in [1.54, 1.807) is 18.4 Å². The van der Waals surface area contributed by atoms with Gasteiger partial charge >= 0.3 is 0 Å². The molecule has 3 nitrogen and oxygen atoms in total. The van der Waals surface area contributed by atoms with E-state index in [-0.39, 0.29) is 5.54 Å². The summed E-state index contributed by atoms with van der Waals surface area (Å²) >= 11 is 1.76. The number of hydrogen-bond donors (Lipinski definition) is 1. The van der Waals surface area contributed by atoms with Crippen molar-refractivity contribution in [3.63, 3.8) is 0 Å². The van der Waals surface area contributed by atoms with E-state index in [2.05, 4.69) is 42.7 Å². The number of aromatic nitrogens is 1. The maximum atomic E-state index is 5.22. The van der Waals surface area contributed by atoms with Crippen LogP contribution >= 0.6 is 11.3 Å². The molecule has 1 unspecified atom stereocenters. The Balaban J connectivity index is 2.05. The molecule has 4 heteroatoms. The zero-order chi connectivity index (χ0) is 14.9. The van der Waals surface area contributed by atoms with E-state index in [0.29, 0.717) is 6.61 Å². The lowest BCUT2D eigenvalue weighted by Gasteiger charge is -2.30. The molecule has 1 aromatic heterocycles. The van der Waals surface area contributed by atoms with Gasteiger partial charge in [0.05, 0.1) is 12.1 Å². The molecular weight excluding hydrogens is 280 g/mol. The first-order chi connectivity index (χ1) is 10.2. The van der Waals surface area contributed by atoms with E-state index in [1.807, 2.05) is 0 Å². The fraction of sp³-hybridized carbons (Fsp3) is 0.471. The number of nitrogens with one attached hydrogen (secondary N) is 1. The number of nitrogens with zero attached hydrogens (tertiary/aromatic N) is 1. The number of methoxy groups -OCH3 is 1. The third-order valence-electron chi connectivity index (χ3n) is 4.21. The quantitative estimate of drug-likeness (QED) is 0.861. The molecule has 1 aliphatic carbocycles. The van der Waals surface area contributed by atoms with Crippen molar-refractivity contribution in [2.45, 2.75) is 32.2 Å². The Morgan fingerprint density at radius 1 is 1.38 bits per heavy atom. The molecule has 1 heterocycles. The molecule has 1 aliphatic rings. The molecule has 0 saturated carbocycles. The van der Waals surface area contributed by atoms with E-state index < -0.39 is 0 Å². The third kappa shape index (κ3) is 2.63. The first kappa shape index (κ1) is 14.7. The van der Waals surface area contributed by atoms with Crippen LogP contribution < -0.4 is 5.32 Å². The highest BCUT2D eigenvalue weighted by atomic mass is 32.1. The predicted molar refractivity (Wildman–Crippen MR) is 87.0 cm³/mol. The summed E-state index contributed by atoms with van der Waals surface area (Å²) in [5.41, 5.74) is 5.11. The first-order valence-electron chi connectivity index (χ1n) is 7.42. The number of thiazole rings is 1. The Labute approximate surface area is 130 Å². The zero-order valence-electron chi connectivity index (χ0n) is 12.9. The summed E-state index contributed by atoms with van der Waals surface area (Å²) in [6.45, 7) is 5.77. The minimum atomic E-state index is -0.140. The van der Waals surface area contributed by atoms with Gasteiger partial charge in [0.15, 0.2) is 0 Å². The average Bonchev–Trinajstić information content (AvgIpc) is 3.05. The fourth-order valence-electron chi connectivity index (χ4n) is 3.16. The lowest BCUT2D eigenvalue weighted by molar-refractivity contribution is 0.189. The summed E-state index contributed by atoms with van der Waals surface area (Å²) < 4.78 is 5.22. The van der Waals surface area contributed by atoms with E-state index in [1.165, 1.54) is 21.7 Å². The van der Waals surface area contributed by atoms with Crippen molar-refractivity contribution in [2.24, 2.45) is 0 Å². The number of benzene rings is 1. The van der Waals surface area contributed by atoms with Crippen LogP contribution in [0.3, 0.4) is 0 Å². The summed E-state index contributed by atoms with van der Waals surface area (Å²) in [6.07, 6.45) is 2.18. The Kier molecular flexibility index (Phi) is 4.11. The smallest absolute Gasteiger partial charge is 0.118 e. The molecule has 1 atom stereocenters. The summed E-state index contributed by atoms with van der Waals surface area (Å²) in [5.74, 6) is 0. The van der Waals surface area contributed by atoms with Gasteiger partial charge in [-0.05, 0) is 37.8 Å². The Bertz CT molecular complexity index is 637. The van der Waals surface area contributed by atoms with Gasteiger partial charge in [0.25, 0.3) is 0 Å². The molecule has 0 aliphatic heterocycles. The minimum absolute atomic E-state index is 0.140. The molecule has 3 rings (SSSR count). The van der Waals surface area contributed by atoms with Crippen molar-refractivity contribution in [2.75, 3.05) is 20.3 Å². The van der Waals surface area contributed by atoms with Crippen LogP contribution in [0.25, 0.3) is 0 Å². The van der Waals surface area contributed by atoms with Gasteiger partial charge in [-0.25, -0.2) is 4.98 Å². The van der Waals surface area contributed by atoms with Crippen molar-refractivity contribution >= 4 is 11.3 Å². The second-order valence-electron chi connectivity index (χ2n) is 5.78. The predicted octanol–water partition coefficient (Wildman–Crippen LogP) is 3.19. The van der Waals surface area contributed by atoms with Crippen molar-refractivity contribution < 1.29 is 4.74 Å². The average molecular weight is 302 g/mol. The van der Waals surface area contributed by atoms with Gasteiger partial charge < -0.3 is 4.74 Å². The van der Waals surface area contributed by atoms with E-state index in [0.717, 1.165) is 25.1 Å². The monoisotopic (exact) mass is 302 g/mol. The Hall–Kier alpha value is -1.23. The van der Waals surface area contributed by atoms with Crippen molar-refractivity contribution in [1.82, 2.24) is 10.3 Å². The molecular formula is C17H22N2OS. The molecule has 0 radical (unpaired) electrons. The Morgan fingerprint density at radius 3 is 2.95 bits per heavy atom. The van der Waals surface area contributed by atoms with Crippen LogP contribution in [0.1, 0.15) is 33.8 Å². The van der Waals surface area contributed by atoms with Crippen LogP contribution in [0.2, 0.25) is 0 Å². The van der Waals surface area contributed by atoms with Gasteiger partial charge in [-0.15, -0.1) is 11.3 Å². The van der Waals surface area contributed by atoms with Crippen LogP contribution in [0.15, 0.2) is 23.6 Å². The van der Waals surface area contributed by atoms with Gasteiger partial charge in [0.2, 0.25) is 0 Å². The highest BCUT2D eigenvalue weighted by Crippen LogP contribution is 2.43. The van der Waals surface area contributed by atoms with Crippen molar-refractivity contribution in [3.05, 3.63) is 51.0 Å². The molecule has 1 aromatic carbocycles. The largest absolute Gasteiger partial charge is 0.383 e. The van der Waals surface area contributed by atoms with Crippen molar-refractivity contribution in [3.8, 4) is 0 Å². The van der Waals surface area contributed by atoms with Gasteiger partial charge in [-0.3, -0.25) is 5.32 Å². The first-order valence-corrected chi connectivity index (χ1v) is 8.30. The molecule has 21 heavy (non-hydrogen) atoms. The van der Waals surface area contributed by atoms with Crippen LogP contribution in [0, 0.1) is 13.8 Å². The summed E-state index contributed by atoms with van der Waals surface area (Å²) in [7, 11) is 1.74. The topological polar surface area (TPSA) is 34.1 Å². The number of ether oxygens (including phenoxy) is 1. The highest BCUT2D eigenvalue weighted by Gasteiger charge is 2.42. The molecule has 0 spiro atoms. The van der Waals surface area contributed by atoms with Crippen molar-refractivity contribution in [1.29, 1.82) is 0 Å². The summed E-state index contributed by atoms with van der Waals surface area (Å²) in [6, 6.07) is 6.79. The molecule has 1 N–H and O–H groups in total. The lowest BCUT2D eigenvalue weighted by atomic mass is 9.91. The number of rotatable bonds is 5. The SMILES string of the molecule is COCCNC1(c2nc(C)cs2)CCc2ccc(C)cc21. The number of fused-ring (bicyclic) bond motifs is 1. The van der Waals surface area contributed by atoms with Crippen LogP contribution in [-0.2, 0) is 16.7 Å². The minimum Gasteiger partial charge on any atom is -0.383 e. The van der Waals surface area contributed by atoms with E-state index >= 15 is 0 Å². The van der Waals surface area contributed by atoms with E-state index in [4.69, 9.17) is 9.72 Å². The Morgan fingerprint density at radius 2 is 2.24 bits per heavy atom. The molecule has 112 valence electrons. The number of hydrogen-bond acceptors (Lipinski definition) is 4.